The average molecular weight is 410 g/mol. The lowest BCUT2D eigenvalue weighted by Crippen LogP contribution is -2.39. The fourth-order valence-corrected chi connectivity index (χ4v) is 4.52. The number of aromatic amines is 1. The van der Waals surface area contributed by atoms with Crippen LogP contribution in [0.4, 0.5) is 4.39 Å². The second kappa shape index (κ2) is 8.56. The maximum absolute atomic E-state index is 14.0. The molecule has 0 unspecified atom stereocenters. The number of carbonyl (C=O) groups is 1. The Balaban J connectivity index is 1.34. The molecule has 1 aromatic heterocycles. The zero-order valence-corrected chi connectivity index (χ0v) is 17.5. The first kappa shape index (κ1) is 20.5. The first-order valence-electron chi connectivity index (χ1n) is 10.6. The van der Waals surface area contributed by atoms with E-state index in [2.05, 4.69) is 16.8 Å². The Bertz CT molecular complexity index is 1090. The van der Waals surface area contributed by atoms with Crippen LogP contribution in [-0.2, 0) is 0 Å². The van der Waals surface area contributed by atoms with Gasteiger partial charge in [-0.1, -0.05) is 42.8 Å². The Hall–Kier alpha value is -2.73. The van der Waals surface area contributed by atoms with E-state index in [4.69, 9.17) is 0 Å². The van der Waals surface area contributed by atoms with Gasteiger partial charge < -0.3 is 9.88 Å². The van der Waals surface area contributed by atoms with Crippen molar-refractivity contribution in [3.63, 3.8) is 0 Å². The highest BCUT2D eigenvalue weighted by Crippen LogP contribution is 2.26. The number of benzene rings is 2. The number of nitrogens with one attached hydrogen (secondary N) is 1. The largest absolute Gasteiger partial charge is 0.326 e. The number of H-pyrrole nitrogens is 1. The summed E-state index contributed by atoms with van der Waals surface area (Å²) in [6, 6.07) is 12.6. The third-order valence-electron chi connectivity index (χ3n) is 6.10. The van der Waals surface area contributed by atoms with E-state index in [1.807, 2.05) is 31.2 Å². The molecule has 1 fully saturated rings. The van der Waals surface area contributed by atoms with Crippen molar-refractivity contribution in [2.24, 2.45) is 5.92 Å². The van der Waals surface area contributed by atoms with Crippen molar-refractivity contribution in [2.75, 3.05) is 19.6 Å². The number of carbonyl (C=O) groups excluding carboxylic acids is 1. The molecule has 2 aromatic carbocycles. The molecule has 30 heavy (non-hydrogen) atoms. The number of Topliss-reactive ketones (excluding diaryl/α,β-unsaturated/α-hetero) is 1. The number of fused-ring (bicyclic) bond motifs is 1. The minimum Gasteiger partial charge on any atom is -0.303 e. The number of ketones is 1. The molecule has 3 aromatic rings. The van der Waals surface area contributed by atoms with Crippen LogP contribution in [0.25, 0.3) is 11.0 Å². The van der Waals surface area contributed by atoms with E-state index in [-0.39, 0.29) is 28.9 Å². The third kappa shape index (κ3) is 4.24. The molecule has 1 aliphatic heterocycles. The smallest absolute Gasteiger partial charge is 0.303 e. The van der Waals surface area contributed by atoms with E-state index in [1.54, 1.807) is 16.7 Å². The topological polar surface area (TPSA) is 58.1 Å². The van der Waals surface area contributed by atoms with Crippen molar-refractivity contribution < 1.29 is 9.18 Å². The van der Waals surface area contributed by atoms with Gasteiger partial charge in [0.2, 0.25) is 0 Å². The fourth-order valence-electron chi connectivity index (χ4n) is 4.52. The van der Waals surface area contributed by atoms with Crippen LogP contribution in [0.15, 0.2) is 47.3 Å². The highest BCUT2D eigenvalue weighted by molar-refractivity contribution is 5.96. The molecule has 0 saturated carbocycles. The number of rotatable bonds is 6. The lowest BCUT2D eigenvalue weighted by Gasteiger charge is -2.34. The monoisotopic (exact) mass is 409 g/mol. The molecule has 6 heteroatoms. The summed E-state index contributed by atoms with van der Waals surface area (Å²) in [6.45, 7) is 6.72. The van der Waals surface area contributed by atoms with Crippen molar-refractivity contribution in [1.29, 1.82) is 0 Å². The fraction of sp³-hybridized carbons (Fsp3) is 0.417. The van der Waals surface area contributed by atoms with E-state index < -0.39 is 5.82 Å². The minimum atomic E-state index is -0.396. The summed E-state index contributed by atoms with van der Waals surface area (Å²) in [7, 11) is 0. The average Bonchev–Trinajstić information content (AvgIpc) is 3.06. The van der Waals surface area contributed by atoms with E-state index in [0.717, 1.165) is 43.6 Å². The Morgan fingerprint density at radius 1 is 1.17 bits per heavy atom. The summed E-state index contributed by atoms with van der Waals surface area (Å²) in [5.74, 6) is 0.0536. The zero-order chi connectivity index (χ0) is 21.3. The van der Waals surface area contributed by atoms with Crippen LogP contribution in [-0.4, -0.2) is 39.9 Å². The van der Waals surface area contributed by atoms with E-state index >= 15 is 0 Å². The van der Waals surface area contributed by atoms with Gasteiger partial charge in [0, 0.05) is 37.7 Å². The second-order valence-electron chi connectivity index (χ2n) is 8.56. The number of hydrogen-bond acceptors (Lipinski definition) is 3. The predicted molar refractivity (Wildman–Crippen MR) is 117 cm³/mol. The maximum Gasteiger partial charge on any atom is 0.326 e. The molecule has 0 bridgehead atoms. The van der Waals surface area contributed by atoms with E-state index in [9.17, 15) is 14.0 Å². The summed E-state index contributed by atoms with van der Waals surface area (Å²) in [5.41, 5.74) is 2.60. The number of likely N-dealkylation sites (tertiary alicyclic amines) is 1. The maximum atomic E-state index is 14.0. The SMILES string of the molecule is Cc1ccc(C(=O)C[C@@H](C)CN2CCC(n3c(=O)[nH]c4c(F)cccc43)CC2)cc1. The number of halogens is 1. The molecule has 1 aliphatic rings. The molecule has 158 valence electrons. The Morgan fingerprint density at radius 3 is 2.57 bits per heavy atom. The van der Waals surface area contributed by atoms with Crippen molar-refractivity contribution in [3.8, 4) is 0 Å². The van der Waals surface area contributed by atoms with Gasteiger partial charge in [0.05, 0.1) is 5.52 Å². The Kier molecular flexibility index (Phi) is 5.86. The Morgan fingerprint density at radius 2 is 1.87 bits per heavy atom. The summed E-state index contributed by atoms with van der Waals surface area (Å²) < 4.78 is 15.7. The van der Waals surface area contributed by atoms with Crippen LogP contribution >= 0.6 is 0 Å². The quantitative estimate of drug-likeness (QED) is 0.617. The summed E-state index contributed by atoms with van der Waals surface area (Å²) in [4.78, 5) is 30.0. The summed E-state index contributed by atoms with van der Waals surface area (Å²) >= 11 is 0. The molecule has 5 nitrogen and oxygen atoms in total. The molecule has 1 atom stereocenters. The summed E-state index contributed by atoms with van der Waals surface area (Å²) in [5, 5.41) is 0. The van der Waals surface area contributed by atoms with Gasteiger partial charge in [0.1, 0.15) is 11.3 Å². The van der Waals surface area contributed by atoms with Crippen molar-refractivity contribution in [2.45, 2.75) is 39.2 Å². The third-order valence-corrected chi connectivity index (χ3v) is 6.10. The van der Waals surface area contributed by atoms with Gasteiger partial charge in [-0.2, -0.15) is 0 Å². The molecule has 0 aliphatic carbocycles. The van der Waals surface area contributed by atoms with Crippen molar-refractivity contribution >= 4 is 16.8 Å². The predicted octanol–water partition coefficient (Wildman–Crippen LogP) is 4.32. The first-order valence-corrected chi connectivity index (χ1v) is 10.6. The highest BCUT2D eigenvalue weighted by atomic mass is 19.1. The van der Waals surface area contributed by atoms with Crippen molar-refractivity contribution in [1.82, 2.24) is 14.5 Å². The van der Waals surface area contributed by atoms with Crippen LogP contribution in [0.2, 0.25) is 0 Å². The molecule has 0 amide bonds. The van der Waals surface area contributed by atoms with Crippen LogP contribution in [0.3, 0.4) is 0 Å². The number of nitrogens with zero attached hydrogens (tertiary/aromatic N) is 2. The van der Waals surface area contributed by atoms with Gasteiger partial charge in [0.15, 0.2) is 5.78 Å². The van der Waals surface area contributed by atoms with Crippen molar-refractivity contribution in [3.05, 3.63) is 69.9 Å². The number of hydrogen-bond donors (Lipinski definition) is 1. The van der Waals surface area contributed by atoms with Crippen LogP contribution in [0, 0.1) is 18.7 Å². The number of aromatic nitrogens is 2. The van der Waals surface area contributed by atoms with Crippen LogP contribution in [0.1, 0.15) is 48.1 Å². The zero-order valence-electron chi connectivity index (χ0n) is 17.5. The highest BCUT2D eigenvalue weighted by Gasteiger charge is 2.25. The lowest BCUT2D eigenvalue weighted by molar-refractivity contribution is 0.0941. The molecular weight excluding hydrogens is 381 g/mol. The Labute approximate surface area is 175 Å². The van der Waals surface area contributed by atoms with E-state index in [0.29, 0.717) is 11.9 Å². The van der Waals surface area contributed by atoms with Gasteiger partial charge in [-0.15, -0.1) is 0 Å². The lowest BCUT2D eigenvalue weighted by atomic mass is 9.97. The molecule has 4 rings (SSSR count). The second-order valence-corrected chi connectivity index (χ2v) is 8.56. The standard InChI is InChI=1S/C24H28FN3O2/c1-16-6-8-18(9-7-16)22(29)14-17(2)15-27-12-10-19(11-13-27)28-21-5-3-4-20(25)23(21)26-24(28)30/h3-9,17,19H,10-15H2,1-2H3,(H,26,30)/t17-/m1/s1. The molecule has 2 heterocycles. The van der Waals surface area contributed by atoms with Gasteiger partial charge in [-0.3, -0.25) is 9.36 Å². The normalized spacial score (nSPS) is 16.8. The number of imidazole rings is 1. The molecule has 1 N–H and O–H groups in total. The van der Waals surface area contributed by atoms with Gasteiger partial charge in [-0.25, -0.2) is 9.18 Å². The summed E-state index contributed by atoms with van der Waals surface area (Å²) in [6.07, 6.45) is 2.20. The molecule has 0 spiro atoms. The number of aryl methyl sites for hydroxylation is 1. The molecular formula is C24H28FN3O2. The van der Waals surface area contributed by atoms with Crippen LogP contribution in [0.5, 0.6) is 0 Å². The molecule has 1 saturated heterocycles. The van der Waals surface area contributed by atoms with E-state index in [1.165, 1.54) is 6.07 Å². The van der Waals surface area contributed by atoms with Gasteiger partial charge >= 0.3 is 5.69 Å². The van der Waals surface area contributed by atoms with Gasteiger partial charge in [0.25, 0.3) is 0 Å². The first-order chi connectivity index (χ1) is 14.4. The number of piperidine rings is 1. The number of para-hydroxylation sites is 1. The van der Waals surface area contributed by atoms with Crippen LogP contribution < -0.4 is 5.69 Å². The van der Waals surface area contributed by atoms with Gasteiger partial charge in [-0.05, 0) is 37.8 Å². The minimum absolute atomic E-state index is 0.0637. The molecule has 0 radical (unpaired) electrons.